The van der Waals surface area contributed by atoms with Gasteiger partial charge in [-0.2, -0.15) is 0 Å². The van der Waals surface area contributed by atoms with Crippen molar-refractivity contribution in [2.75, 3.05) is 0 Å². The van der Waals surface area contributed by atoms with Crippen molar-refractivity contribution >= 4 is 22.2 Å². The molecule has 0 saturated carbocycles. The van der Waals surface area contributed by atoms with Crippen LogP contribution in [0.1, 0.15) is 5.69 Å². The van der Waals surface area contributed by atoms with Crippen LogP contribution >= 0.6 is 11.3 Å². The summed E-state index contributed by atoms with van der Waals surface area (Å²) in [7, 11) is 0. The van der Waals surface area contributed by atoms with Gasteiger partial charge in [-0.05, 0) is 0 Å². The topological polar surface area (TPSA) is 86.4 Å². The molecule has 2 rings (SSSR count). The van der Waals surface area contributed by atoms with E-state index in [0.717, 1.165) is 10.7 Å². The molecular weight excluding hydrogens is 200 g/mol. The van der Waals surface area contributed by atoms with E-state index in [2.05, 4.69) is 4.98 Å². The summed E-state index contributed by atoms with van der Waals surface area (Å²) in [5.41, 5.74) is 11.4. The molecule has 14 heavy (non-hydrogen) atoms. The fourth-order valence-electron chi connectivity index (χ4n) is 1.20. The third kappa shape index (κ3) is 1.61. The van der Waals surface area contributed by atoms with Crippen molar-refractivity contribution in [1.82, 2.24) is 9.38 Å². The van der Waals surface area contributed by atoms with Crippen LogP contribution in [0.4, 0.5) is 0 Å². The molecule has 74 valence electrons. The van der Waals surface area contributed by atoms with Crippen LogP contribution in [0.25, 0.3) is 4.96 Å². The molecule has 5 nitrogen and oxygen atoms in total. The smallest absolute Gasteiger partial charge is 0.234 e. The molecule has 2 aromatic rings. The summed E-state index contributed by atoms with van der Waals surface area (Å²) in [6.45, 7) is 0. The van der Waals surface area contributed by atoms with E-state index in [9.17, 15) is 4.79 Å². The molecule has 2 heterocycles. The Bertz CT molecular complexity index is 432. The molecule has 4 N–H and O–H groups in total. The second kappa shape index (κ2) is 3.39. The summed E-state index contributed by atoms with van der Waals surface area (Å²) in [6, 6.07) is -0.653. The molecule has 1 amide bonds. The summed E-state index contributed by atoms with van der Waals surface area (Å²) in [6.07, 6.45) is 4.16. The zero-order chi connectivity index (χ0) is 10.1. The van der Waals surface area contributed by atoms with Gasteiger partial charge in [-0.25, -0.2) is 4.98 Å². The molecule has 1 unspecified atom stereocenters. The van der Waals surface area contributed by atoms with Gasteiger partial charge >= 0.3 is 0 Å². The lowest BCUT2D eigenvalue weighted by molar-refractivity contribution is -0.119. The number of carbonyl (C=O) groups excluding carboxylic acids is 1. The van der Waals surface area contributed by atoms with Crippen LogP contribution in [0.3, 0.4) is 0 Å². The van der Waals surface area contributed by atoms with Gasteiger partial charge in [-0.1, -0.05) is 0 Å². The molecular formula is C8H10N4OS. The maximum Gasteiger partial charge on any atom is 0.234 e. The van der Waals surface area contributed by atoms with Gasteiger partial charge in [-0.15, -0.1) is 11.3 Å². The van der Waals surface area contributed by atoms with Crippen molar-refractivity contribution < 1.29 is 4.79 Å². The minimum atomic E-state index is -0.653. The van der Waals surface area contributed by atoms with Gasteiger partial charge in [0, 0.05) is 24.2 Å². The first-order valence-corrected chi connectivity index (χ1v) is 5.01. The highest BCUT2D eigenvalue weighted by Crippen LogP contribution is 2.11. The monoisotopic (exact) mass is 210 g/mol. The first-order chi connectivity index (χ1) is 6.66. The largest absolute Gasteiger partial charge is 0.368 e. The van der Waals surface area contributed by atoms with Gasteiger partial charge in [0.2, 0.25) is 5.91 Å². The predicted octanol–water partition coefficient (Wildman–Crippen LogP) is -0.249. The van der Waals surface area contributed by atoms with Crippen LogP contribution in [-0.4, -0.2) is 21.3 Å². The van der Waals surface area contributed by atoms with Crippen LogP contribution < -0.4 is 11.5 Å². The quantitative estimate of drug-likeness (QED) is 0.732. The normalized spacial score (nSPS) is 13.2. The number of nitrogens with zero attached hydrogens (tertiary/aromatic N) is 2. The van der Waals surface area contributed by atoms with E-state index < -0.39 is 11.9 Å². The number of aromatic nitrogens is 2. The summed E-state index contributed by atoms with van der Waals surface area (Å²) < 4.78 is 1.90. The maximum atomic E-state index is 10.7. The first kappa shape index (κ1) is 9.17. The van der Waals surface area contributed by atoms with Gasteiger partial charge in [0.25, 0.3) is 0 Å². The average molecular weight is 210 g/mol. The number of hydrogen-bond donors (Lipinski definition) is 2. The molecule has 1 atom stereocenters. The van der Waals surface area contributed by atoms with Gasteiger partial charge in [0.05, 0.1) is 11.7 Å². The summed E-state index contributed by atoms with van der Waals surface area (Å²) in [5, 5.41) is 1.94. The average Bonchev–Trinajstić information content (AvgIpc) is 2.63. The van der Waals surface area contributed by atoms with Crippen molar-refractivity contribution in [1.29, 1.82) is 0 Å². The van der Waals surface area contributed by atoms with Crippen molar-refractivity contribution in [2.24, 2.45) is 11.5 Å². The fourth-order valence-corrected chi connectivity index (χ4v) is 1.92. The predicted molar refractivity (Wildman–Crippen MR) is 53.9 cm³/mol. The van der Waals surface area contributed by atoms with E-state index in [4.69, 9.17) is 11.5 Å². The lowest BCUT2D eigenvalue weighted by atomic mass is 10.2. The lowest BCUT2D eigenvalue weighted by Gasteiger charge is -2.02. The Morgan fingerprint density at radius 1 is 1.71 bits per heavy atom. The van der Waals surface area contributed by atoms with Crippen molar-refractivity contribution in [3.63, 3.8) is 0 Å². The molecule has 0 aliphatic carbocycles. The summed E-state index contributed by atoms with van der Waals surface area (Å²) in [4.78, 5) is 15.9. The van der Waals surface area contributed by atoms with E-state index in [1.807, 2.05) is 22.2 Å². The Morgan fingerprint density at radius 3 is 3.14 bits per heavy atom. The van der Waals surface area contributed by atoms with Crippen LogP contribution in [0.5, 0.6) is 0 Å². The van der Waals surface area contributed by atoms with Crippen molar-refractivity contribution in [3.05, 3.63) is 23.5 Å². The van der Waals surface area contributed by atoms with Crippen LogP contribution in [0, 0.1) is 0 Å². The Kier molecular flexibility index (Phi) is 2.22. The van der Waals surface area contributed by atoms with E-state index in [0.29, 0.717) is 6.42 Å². The number of nitrogens with two attached hydrogens (primary N) is 2. The summed E-state index contributed by atoms with van der Waals surface area (Å²) in [5.74, 6) is -0.499. The zero-order valence-corrected chi connectivity index (χ0v) is 8.20. The molecule has 2 aromatic heterocycles. The first-order valence-electron chi connectivity index (χ1n) is 4.13. The van der Waals surface area contributed by atoms with Gasteiger partial charge < -0.3 is 11.5 Å². The van der Waals surface area contributed by atoms with E-state index >= 15 is 0 Å². The number of rotatable bonds is 3. The van der Waals surface area contributed by atoms with E-state index in [1.54, 1.807) is 0 Å². The van der Waals surface area contributed by atoms with Gasteiger partial charge in [-0.3, -0.25) is 9.20 Å². The number of primary amides is 1. The molecule has 0 aromatic carbocycles. The van der Waals surface area contributed by atoms with Crippen molar-refractivity contribution in [2.45, 2.75) is 12.5 Å². The van der Waals surface area contributed by atoms with Crippen LogP contribution in [-0.2, 0) is 11.2 Å². The second-order valence-corrected chi connectivity index (χ2v) is 3.91. The zero-order valence-electron chi connectivity index (χ0n) is 7.38. The third-order valence-electron chi connectivity index (χ3n) is 1.94. The number of amides is 1. The Morgan fingerprint density at radius 2 is 2.50 bits per heavy atom. The lowest BCUT2D eigenvalue weighted by Crippen LogP contribution is -2.38. The fraction of sp³-hybridized carbons (Fsp3) is 0.250. The van der Waals surface area contributed by atoms with Crippen LogP contribution in [0.15, 0.2) is 17.8 Å². The minimum Gasteiger partial charge on any atom is -0.368 e. The van der Waals surface area contributed by atoms with Gasteiger partial charge in [0.1, 0.15) is 0 Å². The number of fused-ring (bicyclic) bond motifs is 1. The number of imidazole rings is 1. The Hall–Kier alpha value is -1.40. The molecule has 0 aliphatic heterocycles. The molecule has 0 spiro atoms. The number of thiazole rings is 1. The van der Waals surface area contributed by atoms with E-state index in [-0.39, 0.29) is 0 Å². The second-order valence-electron chi connectivity index (χ2n) is 3.04. The van der Waals surface area contributed by atoms with Gasteiger partial charge in [0.15, 0.2) is 4.96 Å². The SMILES string of the molecule is NC(=O)C(N)Cc1cn2ccsc2n1. The Labute approximate surface area is 84.3 Å². The highest BCUT2D eigenvalue weighted by molar-refractivity contribution is 7.15. The number of carbonyl (C=O) groups is 1. The molecule has 0 fully saturated rings. The molecule has 0 saturated heterocycles. The van der Waals surface area contributed by atoms with Crippen LogP contribution in [0.2, 0.25) is 0 Å². The molecule has 0 bridgehead atoms. The summed E-state index contributed by atoms with van der Waals surface area (Å²) >= 11 is 1.54. The highest BCUT2D eigenvalue weighted by Gasteiger charge is 2.12. The van der Waals surface area contributed by atoms with E-state index in [1.165, 1.54) is 11.3 Å². The highest BCUT2D eigenvalue weighted by atomic mass is 32.1. The molecule has 0 aliphatic rings. The minimum absolute atomic E-state index is 0.393. The Balaban J connectivity index is 2.19. The third-order valence-corrected chi connectivity index (χ3v) is 2.71. The van der Waals surface area contributed by atoms with Crippen molar-refractivity contribution in [3.8, 4) is 0 Å². The molecule has 6 heteroatoms. The standard InChI is InChI=1S/C8H10N4OS/c9-6(7(10)13)3-5-4-12-1-2-14-8(12)11-5/h1-2,4,6H,3,9H2,(H2,10,13). The maximum absolute atomic E-state index is 10.7. The number of hydrogen-bond acceptors (Lipinski definition) is 4. The molecule has 0 radical (unpaired) electrons.